The Morgan fingerprint density at radius 1 is 0.458 bits per heavy atom. The Kier molecular flexibility index (Phi) is 38.1. The minimum atomic E-state index is -0.706. The summed E-state index contributed by atoms with van der Waals surface area (Å²) in [5.41, 5.74) is 0. The molecular formula is C44H80O4. The number of hydrogen-bond donors (Lipinski definition) is 1. The van der Waals surface area contributed by atoms with E-state index in [0.29, 0.717) is 6.42 Å². The van der Waals surface area contributed by atoms with Crippen LogP contribution in [0, 0.1) is 0 Å². The maximum absolute atomic E-state index is 12.7. The van der Waals surface area contributed by atoms with Gasteiger partial charge >= 0.3 is 11.9 Å². The van der Waals surface area contributed by atoms with Gasteiger partial charge in [0.15, 0.2) is 0 Å². The van der Waals surface area contributed by atoms with E-state index in [-0.39, 0.29) is 18.5 Å². The van der Waals surface area contributed by atoms with Crippen molar-refractivity contribution in [3.05, 3.63) is 36.5 Å². The lowest BCUT2D eigenvalue weighted by Gasteiger charge is -2.18. The summed E-state index contributed by atoms with van der Waals surface area (Å²) in [5, 5.41) is 8.83. The zero-order valence-corrected chi connectivity index (χ0v) is 32.0. The Bertz CT molecular complexity index is 768. The van der Waals surface area contributed by atoms with Crippen LogP contribution in [0.3, 0.4) is 0 Å². The molecule has 48 heavy (non-hydrogen) atoms. The number of rotatable bonds is 38. The highest BCUT2D eigenvalue weighted by Gasteiger charge is 2.14. The van der Waals surface area contributed by atoms with Gasteiger partial charge < -0.3 is 9.84 Å². The summed E-state index contributed by atoms with van der Waals surface area (Å²) >= 11 is 0. The van der Waals surface area contributed by atoms with Crippen LogP contribution in [-0.4, -0.2) is 23.1 Å². The molecule has 0 saturated carbocycles. The molecule has 0 bridgehead atoms. The van der Waals surface area contributed by atoms with Crippen molar-refractivity contribution in [2.24, 2.45) is 0 Å². The Balaban J connectivity index is 4.08. The van der Waals surface area contributed by atoms with Crippen molar-refractivity contribution < 1.29 is 19.4 Å². The van der Waals surface area contributed by atoms with E-state index in [4.69, 9.17) is 9.84 Å². The number of ether oxygens (including phenoxy) is 1. The smallest absolute Gasteiger partial charge is 0.306 e. The number of unbranched alkanes of at least 4 members (excludes halogenated alkanes) is 23. The molecular weight excluding hydrogens is 592 g/mol. The van der Waals surface area contributed by atoms with Gasteiger partial charge in [0.25, 0.3) is 0 Å². The Hall–Kier alpha value is -1.84. The fourth-order valence-corrected chi connectivity index (χ4v) is 6.22. The summed E-state index contributed by atoms with van der Waals surface area (Å²) in [6.45, 7) is 4.54. The molecule has 0 saturated heterocycles. The molecule has 1 unspecified atom stereocenters. The summed E-state index contributed by atoms with van der Waals surface area (Å²) in [6.07, 6.45) is 51.6. The number of carbonyl (C=O) groups is 2. The topological polar surface area (TPSA) is 63.6 Å². The maximum Gasteiger partial charge on any atom is 0.306 e. The second kappa shape index (κ2) is 39.6. The molecule has 0 aromatic heterocycles. The Morgan fingerprint density at radius 3 is 1.33 bits per heavy atom. The third-order valence-electron chi connectivity index (χ3n) is 9.33. The first-order chi connectivity index (χ1) is 23.6. The van der Waals surface area contributed by atoms with Crippen molar-refractivity contribution in [2.75, 3.05) is 0 Å². The first-order valence-corrected chi connectivity index (χ1v) is 21.0. The van der Waals surface area contributed by atoms with Crippen LogP contribution in [0.1, 0.15) is 226 Å². The van der Waals surface area contributed by atoms with Gasteiger partial charge in [0.2, 0.25) is 0 Å². The van der Waals surface area contributed by atoms with Crippen LogP contribution in [0.25, 0.3) is 0 Å². The first-order valence-electron chi connectivity index (χ1n) is 21.0. The molecule has 4 nitrogen and oxygen atoms in total. The number of aliphatic carboxylic acids is 1. The number of esters is 1. The van der Waals surface area contributed by atoms with Crippen molar-refractivity contribution in [2.45, 2.75) is 232 Å². The van der Waals surface area contributed by atoms with Crippen molar-refractivity contribution in [3.8, 4) is 0 Å². The lowest BCUT2D eigenvalue weighted by Crippen LogP contribution is -2.18. The van der Waals surface area contributed by atoms with E-state index in [1.807, 2.05) is 0 Å². The second-order valence-corrected chi connectivity index (χ2v) is 14.2. The molecule has 0 rings (SSSR count). The molecule has 4 heteroatoms. The van der Waals surface area contributed by atoms with Gasteiger partial charge in [-0.05, 0) is 89.9 Å². The maximum atomic E-state index is 12.7. The number of hydrogen-bond acceptors (Lipinski definition) is 3. The monoisotopic (exact) mass is 673 g/mol. The van der Waals surface area contributed by atoms with Crippen LogP contribution in [0.15, 0.2) is 36.5 Å². The third kappa shape index (κ3) is 38.6. The van der Waals surface area contributed by atoms with E-state index in [1.54, 1.807) is 0 Å². The Morgan fingerprint density at radius 2 is 0.833 bits per heavy atom. The summed E-state index contributed by atoms with van der Waals surface area (Å²) in [7, 11) is 0. The molecule has 0 heterocycles. The summed E-state index contributed by atoms with van der Waals surface area (Å²) in [6, 6.07) is 0. The zero-order valence-electron chi connectivity index (χ0n) is 32.0. The van der Waals surface area contributed by atoms with Crippen LogP contribution >= 0.6 is 0 Å². The molecule has 0 aromatic rings. The van der Waals surface area contributed by atoms with Crippen molar-refractivity contribution in [1.82, 2.24) is 0 Å². The van der Waals surface area contributed by atoms with Crippen molar-refractivity contribution in [3.63, 3.8) is 0 Å². The van der Waals surface area contributed by atoms with Gasteiger partial charge in [0, 0.05) is 12.8 Å². The third-order valence-corrected chi connectivity index (χ3v) is 9.33. The van der Waals surface area contributed by atoms with Crippen LogP contribution in [-0.2, 0) is 14.3 Å². The van der Waals surface area contributed by atoms with E-state index in [2.05, 4.69) is 50.3 Å². The van der Waals surface area contributed by atoms with Gasteiger partial charge in [-0.25, -0.2) is 0 Å². The largest absolute Gasteiger partial charge is 0.481 e. The van der Waals surface area contributed by atoms with E-state index in [9.17, 15) is 9.59 Å². The fourth-order valence-electron chi connectivity index (χ4n) is 6.22. The lowest BCUT2D eigenvalue weighted by molar-refractivity contribution is -0.150. The van der Waals surface area contributed by atoms with Crippen molar-refractivity contribution >= 4 is 11.9 Å². The Labute approximate surface area is 299 Å². The molecule has 0 fully saturated rings. The molecule has 0 aliphatic carbocycles. The number of carboxylic acids is 1. The highest BCUT2D eigenvalue weighted by Crippen LogP contribution is 2.18. The predicted octanol–water partition coefficient (Wildman–Crippen LogP) is 14.6. The summed E-state index contributed by atoms with van der Waals surface area (Å²) in [5.74, 6) is -0.730. The SMILES string of the molecule is CCCCCCC/C=C\C/C=C\CCCC(CCCCCCCC(=O)O)OC(=O)CCCCCCCCC/C=C\CCCCCCCC. The van der Waals surface area contributed by atoms with E-state index < -0.39 is 5.97 Å². The molecule has 0 spiro atoms. The molecule has 1 atom stereocenters. The van der Waals surface area contributed by atoms with Crippen LogP contribution < -0.4 is 0 Å². The van der Waals surface area contributed by atoms with E-state index in [0.717, 1.165) is 77.0 Å². The fraction of sp³-hybridized carbons (Fsp3) is 0.818. The quantitative estimate of drug-likeness (QED) is 0.0403. The van der Waals surface area contributed by atoms with Crippen LogP contribution in [0.5, 0.6) is 0 Å². The lowest BCUT2D eigenvalue weighted by atomic mass is 10.0. The van der Waals surface area contributed by atoms with Gasteiger partial charge in [-0.1, -0.05) is 159 Å². The van der Waals surface area contributed by atoms with Gasteiger partial charge in [-0.15, -0.1) is 0 Å². The highest BCUT2D eigenvalue weighted by atomic mass is 16.5. The molecule has 0 aliphatic rings. The molecule has 280 valence electrons. The number of allylic oxidation sites excluding steroid dienone is 6. The zero-order chi connectivity index (χ0) is 35.0. The number of carboxylic acid groups (broad SMARTS) is 1. The van der Waals surface area contributed by atoms with Gasteiger partial charge in [-0.2, -0.15) is 0 Å². The normalized spacial score (nSPS) is 12.5. The van der Waals surface area contributed by atoms with Crippen molar-refractivity contribution in [1.29, 1.82) is 0 Å². The molecule has 0 aromatic carbocycles. The van der Waals surface area contributed by atoms with Gasteiger partial charge in [0.05, 0.1) is 0 Å². The average Bonchev–Trinajstić information content (AvgIpc) is 3.07. The molecule has 0 amide bonds. The van der Waals surface area contributed by atoms with Gasteiger partial charge in [0.1, 0.15) is 6.10 Å². The minimum Gasteiger partial charge on any atom is -0.481 e. The van der Waals surface area contributed by atoms with E-state index in [1.165, 1.54) is 122 Å². The first kappa shape index (κ1) is 46.2. The summed E-state index contributed by atoms with van der Waals surface area (Å²) in [4.78, 5) is 23.4. The average molecular weight is 673 g/mol. The molecule has 0 radical (unpaired) electrons. The van der Waals surface area contributed by atoms with Gasteiger partial charge in [-0.3, -0.25) is 9.59 Å². The predicted molar refractivity (Wildman–Crippen MR) is 209 cm³/mol. The second-order valence-electron chi connectivity index (χ2n) is 14.2. The highest BCUT2D eigenvalue weighted by molar-refractivity contribution is 5.69. The standard InChI is InChI=1S/C44H80O4/c1-3-5-7-9-11-13-15-17-18-19-20-22-24-26-28-33-37-41-44(47)48-42(39-35-31-29-32-36-40-43(45)46)38-34-30-27-25-23-21-16-14-12-10-8-6-4-2/h16-18,21,25,27,42H,3-15,19-20,22-24,26,28-41H2,1-2H3,(H,45,46)/b18-17-,21-16-,27-25-. The summed E-state index contributed by atoms with van der Waals surface area (Å²) < 4.78 is 5.99. The van der Waals surface area contributed by atoms with Crippen LogP contribution in [0.2, 0.25) is 0 Å². The molecule has 1 N–H and O–H groups in total. The van der Waals surface area contributed by atoms with Crippen LogP contribution in [0.4, 0.5) is 0 Å². The molecule has 0 aliphatic heterocycles. The number of carbonyl (C=O) groups excluding carboxylic acids is 1. The van der Waals surface area contributed by atoms with E-state index >= 15 is 0 Å². The minimum absolute atomic E-state index is 0.0115.